The number of aliphatic imine (C=N–C) groups is 1. The standard InChI is InChI=1S/C20H28N6S/c21-19(25-11-13-26(14-12-25)20-22-8-15-27-20)23-16-17-6-2-3-7-18(17)24-9-4-1-5-10-24/h2-3,6-8,15H,1,4-5,9-14,16H2,(H2,21,23). The van der Waals surface area contributed by atoms with Gasteiger partial charge in [-0.25, -0.2) is 9.98 Å². The summed E-state index contributed by atoms with van der Waals surface area (Å²) in [6, 6.07) is 8.62. The van der Waals surface area contributed by atoms with Crippen molar-refractivity contribution in [2.45, 2.75) is 25.8 Å². The minimum Gasteiger partial charge on any atom is -0.371 e. The molecule has 0 bridgehead atoms. The summed E-state index contributed by atoms with van der Waals surface area (Å²) in [5, 5.41) is 3.12. The molecular weight excluding hydrogens is 356 g/mol. The Morgan fingerprint density at radius 1 is 1.00 bits per heavy atom. The molecule has 2 aliphatic rings. The van der Waals surface area contributed by atoms with Crippen LogP contribution < -0.4 is 15.5 Å². The number of hydrogen-bond acceptors (Lipinski definition) is 5. The van der Waals surface area contributed by atoms with Crippen LogP contribution in [0.3, 0.4) is 0 Å². The van der Waals surface area contributed by atoms with Gasteiger partial charge < -0.3 is 20.4 Å². The number of nitrogens with two attached hydrogens (primary N) is 1. The molecule has 1 aromatic carbocycles. The first kappa shape index (κ1) is 18.1. The number of anilines is 2. The Morgan fingerprint density at radius 3 is 2.52 bits per heavy atom. The molecule has 27 heavy (non-hydrogen) atoms. The molecule has 2 aromatic rings. The highest BCUT2D eigenvalue weighted by Gasteiger charge is 2.20. The number of benzene rings is 1. The number of piperidine rings is 1. The number of piperazine rings is 1. The minimum absolute atomic E-state index is 0.644. The maximum atomic E-state index is 6.32. The summed E-state index contributed by atoms with van der Waals surface area (Å²) in [6.45, 7) is 6.60. The zero-order valence-corrected chi connectivity index (χ0v) is 16.6. The summed E-state index contributed by atoms with van der Waals surface area (Å²) >= 11 is 1.69. The molecule has 0 atom stereocenters. The summed E-state index contributed by atoms with van der Waals surface area (Å²) in [4.78, 5) is 16.1. The van der Waals surface area contributed by atoms with E-state index < -0.39 is 0 Å². The highest BCUT2D eigenvalue weighted by molar-refractivity contribution is 7.13. The molecule has 0 amide bonds. The molecule has 0 saturated carbocycles. The van der Waals surface area contributed by atoms with Crippen LogP contribution in [0.25, 0.3) is 0 Å². The SMILES string of the molecule is NC(=NCc1ccccc1N1CCCCC1)N1CCN(c2nccs2)CC1. The second-order valence-corrected chi connectivity index (χ2v) is 8.01. The molecule has 144 valence electrons. The van der Waals surface area contributed by atoms with Crippen molar-refractivity contribution in [1.29, 1.82) is 0 Å². The quantitative estimate of drug-likeness (QED) is 0.649. The van der Waals surface area contributed by atoms with Crippen molar-refractivity contribution in [1.82, 2.24) is 9.88 Å². The monoisotopic (exact) mass is 384 g/mol. The van der Waals surface area contributed by atoms with Crippen molar-refractivity contribution < 1.29 is 0 Å². The van der Waals surface area contributed by atoms with Gasteiger partial charge in [0, 0.05) is 56.5 Å². The van der Waals surface area contributed by atoms with Gasteiger partial charge in [0.2, 0.25) is 0 Å². The average Bonchev–Trinajstić information content (AvgIpc) is 3.28. The number of para-hydroxylation sites is 1. The predicted octanol–water partition coefficient (Wildman–Crippen LogP) is 2.77. The molecule has 0 radical (unpaired) electrons. The van der Waals surface area contributed by atoms with Crippen molar-refractivity contribution >= 4 is 28.1 Å². The van der Waals surface area contributed by atoms with Crippen LogP contribution in [0.1, 0.15) is 24.8 Å². The van der Waals surface area contributed by atoms with Crippen molar-refractivity contribution in [2.24, 2.45) is 10.7 Å². The fraction of sp³-hybridized carbons (Fsp3) is 0.500. The number of rotatable bonds is 4. The van der Waals surface area contributed by atoms with Crippen LogP contribution in [0, 0.1) is 0 Å². The van der Waals surface area contributed by atoms with Gasteiger partial charge in [0.1, 0.15) is 0 Å². The molecule has 0 unspecified atom stereocenters. The van der Waals surface area contributed by atoms with E-state index in [4.69, 9.17) is 10.7 Å². The van der Waals surface area contributed by atoms with Gasteiger partial charge in [-0.1, -0.05) is 18.2 Å². The fourth-order valence-electron chi connectivity index (χ4n) is 3.85. The predicted molar refractivity (Wildman–Crippen MR) is 114 cm³/mol. The van der Waals surface area contributed by atoms with Gasteiger partial charge in [-0.2, -0.15) is 0 Å². The number of aromatic nitrogens is 1. The highest BCUT2D eigenvalue weighted by Crippen LogP contribution is 2.25. The molecule has 2 aliphatic heterocycles. The van der Waals surface area contributed by atoms with E-state index in [1.807, 2.05) is 11.6 Å². The Hall–Kier alpha value is -2.28. The fourth-order valence-corrected chi connectivity index (χ4v) is 4.55. The second kappa shape index (κ2) is 8.61. The van der Waals surface area contributed by atoms with E-state index in [2.05, 4.69) is 43.9 Å². The number of thiazole rings is 1. The first-order chi connectivity index (χ1) is 13.3. The van der Waals surface area contributed by atoms with Crippen molar-refractivity contribution in [3.8, 4) is 0 Å². The van der Waals surface area contributed by atoms with Crippen LogP contribution in [-0.2, 0) is 6.54 Å². The minimum atomic E-state index is 0.644. The van der Waals surface area contributed by atoms with Gasteiger partial charge in [0.25, 0.3) is 0 Å². The average molecular weight is 385 g/mol. The van der Waals surface area contributed by atoms with E-state index in [0.717, 1.165) is 44.4 Å². The summed E-state index contributed by atoms with van der Waals surface area (Å²) < 4.78 is 0. The maximum Gasteiger partial charge on any atom is 0.191 e. The first-order valence-electron chi connectivity index (χ1n) is 9.83. The van der Waals surface area contributed by atoms with Gasteiger partial charge in [-0.3, -0.25) is 0 Å². The molecule has 2 N–H and O–H groups in total. The van der Waals surface area contributed by atoms with Crippen LogP contribution in [0.5, 0.6) is 0 Å². The number of guanidine groups is 1. The Balaban J connectivity index is 1.37. The van der Waals surface area contributed by atoms with E-state index in [-0.39, 0.29) is 0 Å². The van der Waals surface area contributed by atoms with Gasteiger partial charge >= 0.3 is 0 Å². The van der Waals surface area contributed by atoms with Crippen molar-refractivity contribution in [2.75, 3.05) is 49.1 Å². The lowest BCUT2D eigenvalue weighted by Gasteiger charge is -2.35. The van der Waals surface area contributed by atoms with Gasteiger partial charge in [0.15, 0.2) is 11.1 Å². The molecule has 0 spiro atoms. The molecule has 2 saturated heterocycles. The lowest BCUT2D eigenvalue weighted by Crippen LogP contribution is -2.51. The van der Waals surface area contributed by atoms with Crippen LogP contribution in [0.2, 0.25) is 0 Å². The molecule has 4 rings (SSSR count). The normalized spacial score (nSPS) is 18.8. The van der Waals surface area contributed by atoms with Crippen molar-refractivity contribution in [3.63, 3.8) is 0 Å². The lowest BCUT2D eigenvalue weighted by atomic mass is 10.1. The maximum absolute atomic E-state index is 6.32. The molecule has 1 aromatic heterocycles. The van der Waals surface area contributed by atoms with E-state index in [1.54, 1.807) is 11.3 Å². The van der Waals surface area contributed by atoms with Crippen LogP contribution in [-0.4, -0.2) is 55.1 Å². The number of nitrogens with zero attached hydrogens (tertiary/aromatic N) is 5. The molecule has 2 fully saturated rings. The largest absolute Gasteiger partial charge is 0.371 e. The number of hydrogen-bond donors (Lipinski definition) is 1. The summed E-state index contributed by atoms with van der Waals surface area (Å²) in [6.07, 6.45) is 5.77. The van der Waals surface area contributed by atoms with Crippen molar-refractivity contribution in [3.05, 3.63) is 41.4 Å². The summed E-state index contributed by atoms with van der Waals surface area (Å²) in [7, 11) is 0. The van der Waals surface area contributed by atoms with Gasteiger partial charge in [-0.05, 0) is 30.9 Å². The second-order valence-electron chi connectivity index (χ2n) is 7.14. The smallest absolute Gasteiger partial charge is 0.191 e. The molecule has 3 heterocycles. The molecule has 0 aliphatic carbocycles. The van der Waals surface area contributed by atoms with Crippen LogP contribution in [0.4, 0.5) is 10.8 Å². The van der Waals surface area contributed by atoms with E-state index in [9.17, 15) is 0 Å². The molecular formula is C20H28N6S. The Bertz CT molecular complexity index is 746. The lowest BCUT2D eigenvalue weighted by molar-refractivity contribution is 0.380. The van der Waals surface area contributed by atoms with Crippen LogP contribution in [0.15, 0.2) is 40.8 Å². The zero-order valence-electron chi connectivity index (χ0n) is 15.8. The molecule has 6 nitrogen and oxygen atoms in total. The Morgan fingerprint density at radius 2 is 1.78 bits per heavy atom. The van der Waals surface area contributed by atoms with E-state index >= 15 is 0 Å². The molecule has 7 heteroatoms. The Kier molecular flexibility index (Phi) is 5.77. The third kappa shape index (κ3) is 4.35. The van der Waals surface area contributed by atoms with Gasteiger partial charge in [-0.15, -0.1) is 11.3 Å². The third-order valence-electron chi connectivity index (χ3n) is 5.39. The van der Waals surface area contributed by atoms with Gasteiger partial charge in [0.05, 0.1) is 6.54 Å². The van der Waals surface area contributed by atoms with Crippen LogP contribution >= 0.6 is 11.3 Å². The Labute approximate surface area is 165 Å². The summed E-state index contributed by atoms with van der Waals surface area (Å²) in [5.41, 5.74) is 8.91. The van der Waals surface area contributed by atoms with E-state index in [0.29, 0.717) is 12.5 Å². The first-order valence-corrected chi connectivity index (χ1v) is 10.7. The zero-order chi connectivity index (χ0) is 18.5. The van der Waals surface area contributed by atoms with E-state index in [1.165, 1.54) is 30.5 Å². The topological polar surface area (TPSA) is 61.0 Å². The third-order valence-corrected chi connectivity index (χ3v) is 6.23. The summed E-state index contributed by atoms with van der Waals surface area (Å²) in [5.74, 6) is 0.655. The highest BCUT2D eigenvalue weighted by atomic mass is 32.1.